The molecule has 0 bridgehead atoms. The lowest BCUT2D eigenvalue weighted by atomic mass is 10.1. The highest BCUT2D eigenvalue weighted by atomic mass is 79.9. The van der Waals surface area contributed by atoms with Gasteiger partial charge in [-0.25, -0.2) is 4.79 Å². The molecular weight excluding hydrogens is 352 g/mol. The van der Waals surface area contributed by atoms with Crippen molar-refractivity contribution in [2.24, 2.45) is 0 Å². The largest absolute Gasteiger partial charge is 0.490 e. The summed E-state index contributed by atoms with van der Waals surface area (Å²) >= 11 is 3.41. The molecule has 0 aliphatic carbocycles. The molecule has 1 heterocycles. The molecule has 0 saturated carbocycles. The molecule has 1 saturated heterocycles. The Kier molecular flexibility index (Phi) is 6.06. The minimum atomic E-state index is -0.915. The number of nitrogens with one attached hydrogen (secondary N) is 1. The van der Waals surface area contributed by atoms with Gasteiger partial charge in [0, 0.05) is 36.9 Å². The number of halogens is 1. The van der Waals surface area contributed by atoms with Crippen molar-refractivity contribution in [1.82, 2.24) is 10.2 Å². The molecule has 0 aromatic heterocycles. The fourth-order valence-electron chi connectivity index (χ4n) is 2.30. The maximum atomic E-state index is 11.9. The summed E-state index contributed by atoms with van der Waals surface area (Å²) in [7, 11) is 0. The summed E-state index contributed by atoms with van der Waals surface area (Å²) in [5.41, 5.74) is 0. The Morgan fingerprint density at radius 1 is 1.36 bits per heavy atom. The topological polar surface area (TPSA) is 78.9 Å². The number of nitrogens with zero attached hydrogens (tertiary/aromatic N) is 1. The van der Waals surface area contributed by atoms with Crippen molar-refractivity contribution in [3.63, 3.8) is 0 Å². The van der Waals surface area contributed by atoms with Gasteiger partial charge in [-0.15, -0.1) is 0 Å². The molecule has 120 valence electrons. The summed E-state index contributed by atoms with van der Waals surface area (Å²) in [6.45, 7) is 1.37. The van der Waals surface area contributed by atoms with Crippen LogP contribution in [0, 0.1) is 0 Å². The molecular formula is C15H19BrN2O4. The smallest absolute Gasteiger partial charge is 0.317 e. The van der Waals surface area contributed by atoms with Crippen molar-refractivity contribution in [2.75, 3.05) is 19.6 Å². The Labute approximate surface area is 137 Å². The monoisotopic (exact) mass is 370 g/mol. The van der Waals surface area contributed by atoms with Crippen LogP contribution in [0.1, 0.15) is 19.3 Å². The molecule has 0 spiro atoms. The van der Waals surface area contributed by atoms with E-state index < -0.39 is 5.97 Å². The Bertz CT molecular complexity index is 530. The maximum Gasteiger partial charge on any atom is 0.317 e. The van der Waals surface area contributed by atoms with Gasteiger partial charge in [0.25, 0.3) is 0 Å². The Balaban J connectivity index is 1.73. The highest BCUT2D eigenvalue weighted by molar-refractivity contribution is 9.10. The fraction of sp³-hybridized carbons (Fsp3) is 0.467. The van der Waals surface area contributed by atoms with Gasteiger partial charge < -0.3 is 20.1 Å². The van der Waals surface area contributed by atoms with E-state index in [1.54, 1.807) is 4.90 Å². The third kappa shape index (κ3) is 5.22. The van der Waals surface area contributed by atoms with Gasteiger partial charge in [-0.05, 0) is 18.2 Å². The first-order chi connectivity index (χ1) is 10.5. The summed E-state index contributed by atoms with van der Waals surface area (Å²) in [6, 6.07) is 7.49. The number of hydrogen-bond donors (Lipinski definition) is 2. The average Bonchev–Trinajstić information content (AvgIpc) is 2.47. The molecule has 2 amide bonds. The average molecular weight is 371 g/mol. The number of carbonyl (C=O) groups excluding carboxylic acids is 1. The number of carbonyl (C=O) groups is 2. The van der Waals surface area contributed by atoms with Crippen molar-refractivity contribution in [3.05, 3.63) is 28.7 Å². The SMILES string of the molecule is O=C(O)CCNC(=O)N1CCC(Oc2cccc(Br)c2)CC1. The van der Waals surface area contributed by atoms with Crippen LogP contribution < -0.4 is 10.1 Å². The van der Waals surface area contributed by atoms with Crippen LogP contribution in [0.5, 0.6) is 5.75 Å². The molecule has 22 heavy (non-hydrogen) atoms. The minimum absolute atomic E-state index is 0.0613. The lowest BCUT2D eigenvalue weighted by Crippen LogP contribution is -2.46. The summed E-state index contributed by atoms with van der Waals surface area (Å²) in [6.07, 6.45) is 1.56. The molecule has 1 aliphatic heterocycles. The molecule has 6 nitrogen and oxygen atoms in total. The van der Waals surface area contributed by atoms with Gasteiger partial charge in [0.1, 0.15) is 11.9 Å². The number of carboxylic acid groups (broad SMARTS) is 1. The van der Waals surface area contributed by atoms with E-state index in [-0.39, 0.29) is 25.1 Å². The lowest BCUT2D eigenvalue weighted by Gasteiger charge is -2.32. The third-order valence-corrected chi connectivity index (χ3v) is 3.94. The number of carboxylic acids is 1. The number of rotatable bonds is 5. The number of benzene rings is 1. The Morgan fingerprint density at radius 2 is 2.09 bits per heavy atom. The van der Waals surface area contributed by atoms with Crippen molar-refractivity contribution in [1.29, 1.82) is 0 Å². The first-order valence-electron chi connectivity index (χ1n) is 7.21. The van der Waals surface area contributed by atoms with Crippen molar-refractivity contribution < 1.29 is 19.4 Å². The molecule has 1 aromatic rings. The van der Waals surface area contributed by atoms with Crippen molar-refractivity contribution in [2.45, 2.75) is 25.4 Å². The van der Waals surface area contributed by atoms with Crippen molar-refractivity contribution in [3.8, 4) is 5.75 Å². The van der Waals surface area contributed by atoms with E-state index in [2.05, 4.69) is 21.2 Å². The molecule has 2 N–H and O–H groups in total. The van der Waals surface area contributed by atoms with Gasteiger partial charge >= 0.3 is 12.0 Å². The van der Waals surface area contributed by atoms with E-state index in [1.807, 2.05) is 24.3 Å². The standard InChI is InChI=1S/C15H19BrN2O4/c16-11-2-1-3-13(10-11)22-12-5-8-18(9-6-12)15(21)17-7-4-14(19)20/h1-3,10,12H,4-9H2,(H,17,21)(H,19,20). The molecule has 0 unspecified atom stereocenters. The van der Waals surface area contributed by atoms with Crippen LogP contribution in [-0.4, -0.2) is 47.7 Å². The van der Waals surface area contributed by atoms with Crippen LogP contribution in [0.4, 0.5) is 4.79 Å². The summed E-state index contributed by atoms with van der Waals surface area (Å²) in [5.74, 6) is -0.0971. The molecule has 7 heteroatoms. The van der Waals surface area contributed by atoms with Gasteiger partial charge in [-0.2, -0.15) is 0 Å². The second-order valence-corrected chi connectivity index (χ2v) is 6.05. The zero-order valence-corrected chi connectivity index (χ0v) is 13.7. The highest BCUT2D eigenvalue weighted by Crippen LogP contribution is 2.22. The van der Waals surface area contributed by atoms with Crippen LogP contribution in [0.2, 0.25) is 0 Å². The van der Waals surface area contributed by atoms with E-state index in [1.165, 1.54) is 0 Å². The van der Waals surface area contributed by atoms with E-state index >= 15 is 0 Å². The molecule has 1 fully saturated rings. The highest BCUT2D eigenvalue weighted by Gasteiger charge is 2.23. The predicted molar refractivity (Wildman–Crippen MR) is 85.0 cm³/mol. The number of amides is 2. The van der Waals surface area contributed by atoms with E-state index in [4.69, 9.17) is 9.84 Å². The minimum Gasteiger partial charge on any atom is -0.490 e. The van der Waals surface area contributed by atoms with E-state index in [9.17, 15) is 9.59 Å². The van der Waals surface area contributed by atoms with Gasteiger partial charge in [-0.1, -0.05) is 22.0 Å². The van der Waals surface area contributed by atoms with Gasteiger partial charge in [-0.3, -0.25) is 4.79 Å². The van der Waals surface area contributed by atoms with Crippen LogP contribution in [0.15, 0.2) is 28.7 Å². The number of urea groups is 1. The molecule has 2 rings (SSSR count). The second kappa shape index (κ2) is 8.03. The molecule has 1 aromatic carbocycles. The number of ether oxygens (including phenoxy) is 1. The van der Waals surface area contributed by atoms with Gasteiger partial charge in [0.15, 0.2) is 0 Å². The quantitative estimate of drug-likeness (QED) is 0.834. The van der Waals surface area contributed by atoms with Gasteiger partial charge in [0.05, 0.1) is 6.42 Å². The summed E-state index contributed by atoms with van der Waals surface area (Å²) < 4.78 is 6.88. The van der Waals surface area contributed by atoms with Crippen molar-refractivity contribution >= 4 is 27.9 Å². The number of likely N-dealkylation sites (tertiary alicyclic amines) is 1. The number of aliphatic carboxylic acids is 1. The normalized spacial score (nSPS) is 15.4. The predicted octanol–water partition coefficient (Wildman–Crippen LogP) is 2.48. The van der Waals surface area contributed by atoms with E-state index in [0.29, 0.717) is 13.1 Å². The third-order valence-electron chi connectivity index (χ3n) is 3.44. The first-order valence-corrected chi connectivity index (χ1v) is 8.00. The Morgan fingerprint density at radius 3 is 2.73 bits per heavy atom. The van der Waals surface area contributed by atoms with E-state index in [0.717, 1.165) is 23.1 Å². The Hall–Kier alpha value is -1.76. The first kappa shape index (κ1) is 16.6. The van der Waals surface area contributed by atoms with Gasteiger partial charge in [0.2, 0.25) is 0 Å². The fourth-order valence-corrected chi connectivity index (χ4v) is 2.68. The number of hydrogen-bond acceptors (Lipinski definition) is 3. The zero-order valence-electron chi connectivity index (χ0n) is 12.1. The summed E-state index contributed by atoms with van der Waals surface area (Å²) in [5, 5.41) is 11.2. The molecule has 0 atom stereocenters. The number of piperidine rings is 1. The zero-order chi connectivity index (χ0) is 15.9. The van der Waals surface area contributed by atoms with Crippen LogP contribution >= 0.6 is 15.9 Å². The maximum absolute atomic E-state index is 11.9. The van der Waals surface area contributed by atoms with Crippen LogP contribution in [0.25, 0.3) is 0 Å². The summed E-state index contributed by atoms with van der Waals surface area (Å²) in [4.78, 5) is 24.0. The molecule has 1 aliphatic rings. The molecule has 0 radical (unpaired) electrons. The second-order valence-electron chi connectivity index (χ2n) is 5.14. The lowest BCUT2D eigenvalue weighted by molar-refractivity contribution is -0.136. The van der Waals surface area contributed by atoms with Crippen LogP contribution in [-0.2, 0) is 4.79 Å². The van der Waals surface area contributed by atoms with Crippen LogP contribution in [0.3, 0.4) is 0 Å².